The van der Waals surface area contributed by atoms with Crippen LogP contribution < -0.4 is 5.32 Å². The van der Waals surface area contributed by atoms with Crippen molar-refractivity contribution in [1.82, 2.24) is 15.1 Å². The Balaban J connectivity index is 0.00000312. The lowest BCUT2D eigenvalue weighted by Gasteiger charge is -2.36. The molecule has 1 amide bonds. The SMILES string of the molecule is CCC(CCNC(=NC)N1CCSC(C(C)C)C1)N1CCCC1=O.I. The molecule has 7 heteroatoms. The second-order valence-electron chi connectivity index (χ2n) is 7.11. The van der Waals surface area contributed by atoms with Crippen molar-refractivity contribution in [2.24, 2.45) is 10.9 Å². The van der Waals surface area contributed by atoms with Gasteiger partial charge in [0.1, 0.15) is 0 Å². The highest BCUT2D eigenvalue weighted by Gasteiger charge is 2.27. The van der Waals surface area contributed by atoms with Crippen molar-refractivity contribution in [3.63, 3.8) is 0 Å². The van der Waals surface area contributed by atoms with Gasteiger partial charge in [0.2, 0.25) is 5.91 Å². The van der Waals surface area contributed by atoms with E-state index in [1.165, 1.54) is 5.75 Å². The van der Waals surface area contributed by atoms with Crippen molar-refractivity contribution in [3.05, 3.63) is 0 Å². The average molecular weight is 482 g/mol. The summed E-state index contributed by atoms with van der Waals surface area (Å²) in [6.07, 6.45) is 3.78. The molecule has 0 spiro atoms. The molecule has 146 valence electrons. The number of aliphatic imine (C=N–C) groups is 1. The summed E-state index contributed by atoms with van der Waals surface area (Å²) in [6.45, 7) is 10.7. The Morgan fingerprint density at radius 2 is 2.16 bits per heavy atom. The molecule has 2 saturated heterocycles. The van der Waals surface area contributed by atoms with Crippen LogP contribution in [0.4, 0.5) is 0 Å². The summed E-state index contributed by atoms with van der Waals surface area (Å²) in [6, 6.07) is 0.367. The summed E-state index contributed by atoms with van der Waals surface area (Å²) in [4.78, 5) is 20.9. The molecular weight excluding hydrogens is 447 g/mol. The predicted molar refractivity (Wildman–Crippen MR) is 119 cm³/mol. The second-order valence-corrected chi connectivity index (χ2v) is 8.46. The van der Waals surface area contributed by atoms with Crippen molar-refractivity contribution in [2.75, 3.05) is 39.0 Å². The van der Waals surface area contributed by atoms with E-state index in [1.807, 2.05) is 7.05 Å². The van der Waals surface area contributed by atoms with Crippen LogP contribution in [-0.4, -0.2) is 71.9 Å². The molecule has 2 aliphatic rings. The number of thioether (sulfide) groups is 1. The van der Waals surface area contributed by atoms with Crippen LogP contribution in [0, 0.1) is 5.92 Å². The number of amides is 1. The first kappa shape index (κ1) is 22.9. The Morgan fingerprint density at radius 1 is 1.40 bits per heavy atom. The van der Waals surface area contributed by atoms with Gasteiger partial charge in [0.15, 0.2) is 5.96 Å². The highest BCUT2D eigenvalue weighted by molar-refractivity contribution is 14.0. The number of nitrogens with one attached hydrogen (secondary N) is 1. The van der Waals surface area contributed by atoms with E-state index in [0.29, 0.717) is 23.1 Å². The molecular formula is C18H35IN4OS. The number of likely N-dealkylation sites (tertiary alicyclic amines) is 1. The van der Waals surface area contributed by atoms with E-state index in [9.17, 15) is 4.79 Å². The lowest BCUT2D eigenvalue weighted by molar-refractivity contribution is -0.129. The average Bonchev–Trinajstić information content (AvgIpc) is 3.01. The fourth-order valence-electron chi connectivity index (χ4n) is 3.59. The topological polar surface area (TPSA) is 47.9 Å². The third-order valence-electron chi connectivity index (χ3n) is 5.13. The molecule has 2 aliphatic heterocycles. The van der Waals surface area contributed by atoms with Crippen LogP contribution in [0.2, 0.25) is 0 Å². The molecule has 1 N–H and O–H groups in total. The number of halogens is 1. The number of hydrogen-bond donors (Lipinski definition) is 1. The lowest BCUT2D eigenvalue weighted by atomic mass is 10.1. The first-order chi connectivity index (χ1) is 11.6. The summed E-state index contributed by atoms with van der Waals surface area (Å²) >= 11 is 2.08. The van der Waals surface area contributed by atoms with Crippen LogP contribution in [0.3, 0.4) is 0 Å². The molecule has 25 heavy (non-hydrogen) atoms. The Bertz CT molecular complexity index is 447. The number of carbonyl (C=O) groups is 1. The fourth-order valence-corrected chi connectivity index (χ4v) is 4.89. The Hall–Kier alpha value is -0.180. The van der Waals surface area contributed by atoms with Gasteiger partial charge in [-0.15, -0.1) is 24.0 Å². The van der Waals surface area contributed by atoms with Gasteiger partial charge in [-0.05, 0) is 25.2 Å². The number of guanidine groups is 1. The standard InChI is InChI=1S/C18H34N4OS.HI/c1-5-15(22-10-6-7-17(22)23)8-9-20-18(19-4)21-11-12-24-16(13-21)14(2)3;/h14-16H,5-13H2,1-4H3,(H,19,20);1H. The third kappa shape index (κ3) is 6.48. The maximum Gasteiger partial charge on any atom is 0.222 e. The van der Waals surface area contributed by atoms with Gasteiger partial charge in [-0.3, -0.25) is 9.79 Å². The predicted octanol–water partition coefficient (Wildman–Crippen LogP) is 3.04. The zero-order chi connectivity index (χ0) is 17.5. The van der Waals surface area contributed by atoms with Crippen LogP contribution in [0.15, 0.2) is 4.99 Å². The van der Waals surface area contributed by atoms with Crippen molar-refractivity contribution in [1.29, 1.82) is 0 Å². The highest BCUT2D eigenvalue weighted by Crippen LogP contribution is 2.25. The van der Waals surface area contributed by atoms with Crippen molar-refractivity contribution in [2.45, 2.75) is 57.7 Å². The van der Waals surface area contributed by atoms with Gasteiger partial charge < -0.3 is 15.1 Å². The number of carbonyl (C=O) groups excluding carboxylic acids is 1. The minimum Gasteiger partial charge on any atom is -0.356 e. The van der Waals surface area contributed by atoms with E-state index in [4.69, 9.17) is 0 Å². The molecule has 2 heterocycles. The van der Waals surface area contributed by atoms with Crippen LogP contribution in [0.25, 0.3) is 0 Å². The van der Waals surface area contributed by atoms with E-state index >= 15 is 0 Å². The number of nitrogens with zero attached hydrogens (tertiary/aromatic N) is 3. The van der Waals surface area contributed by atoms with Crippen molar-refractivity contribution < 1.29 is 4.79 Å². The van der Waals surface area contributed by atoms with E-state index in [1.54, 1.807) is 0 Å². The van der Waals surface area contributed by atoms with Crippen LogP contribution >= 0.6 is 35.7 Å². The number of rotatable bonds is 6. The van der Waals surface area contributed by atoms with Gasteiger partial charge in [0.05, 0.1) is 0 Å². The van der Waals surface area contributed by atoms with E-state index in [0.717, 1.165) is 57.8 Å². The molecule has 0 saturated carbocycles. The van der Waals surface area contributed by atoms with Gasteiger partial charge in [-0.2, -0.15) is 11.8 Å². The molecule has 2 atom stereocenters. The summed E-state index contributed by atoms with van der Waals surface area (Å²) < 4.78 is 0. The molecule has 2 rings (SSSR count). The molecule has 2 fully saturated rings. The third-order valence-corrected chi connectivity index (χ3v) is 6.67. The first-order valence-electron chi connectivity index (χ1n) is 9.43. The maximum atomic E-state index is 11.9. The summed E-state index contributed by atoms with van der Waals surface area (Å²) in [5, 5.41) is 4.21. The Morgan fingerprint density at radius 3 is 2.72 bits per heavy atom. The van der Waals surface area contributed by atoms with Gasteiger partial charge in [-0.25, -0.2) is 0 Å². The minimum absolute atomic E-state index is 0. The molecule has 0 aromatic heterocycles. The summed E-state index contributed by atoms with van der Waals surface area (Å²) in [5.41, 5.74) is 0. The van der Waals surface area contributed by atoms with Gasteiger partial charge in [0, 0.05) is 56.7 Å². The van der Waals surface area contributed by atoms with Crippen LogP contribution in [0.1, 0.15) is 46.5 Å². The molecule has 0 radical (unpaired) electrons. The van der Waals surface area contributed by atoms with Gasteiger partial charge in [-0.1, -0.05) is 20.8 Å². The minimum atomic E-state index is 0. The molecule has 0 bridgehead atoms. The summed E-state index contributed by atoms with van der Waals surface area (Å²) in [5.74, 6) is 3.22. The highest BCUT2D eigenvalue weighted by atomic mass is 127. The zero-order valence-electron chi connectivity index (χ0n) is 16.2. The Labute approximate surface area is 174 Å². The van der Waals surface area contributed by atoms with Crippen LogP contribution in [-0.2, 0) is 4.79 Å². The lowest BCUT2D eigenvalue weighted by Crippen LogP contribution is -2.49. The van der Waals surface area contributed by atoms with E-state index in [2.05, 4.69) is 52.6 Å². The molecule has 0 aromatic rings. The number of hydrogen-bond acceptors (Lipinski definition) is 3. The first-order valence-corrected chi connectivity index (χ1v) is 10.5. The monoisotopic (exact) mass is 482 g/mol. The summed E-state index contributed by atoms with van der Waals surface area (Å²) in [7, 11) is 1.87. The molecule has 2 unspecified atom stereocenters. The molecule has 5 nitrogen and oxygen atoms in total. The molecule has 0 aliphatic carbocycles. The zero-order valence-corrected chi connectivity index (χ0v) is 19.3. The normalized spacial score (nSPS) is 23.0. The van der Waals surface area contributed by atoms with Gasteiger partial charge >= 0.3 is 0 Å². The van der Waals surface area contributed by atoms with Crippen molar-refractivity contribution >= 4 is 47.6 Å². The van der Waals surface area contributed by atoms with E-state index in [-0.39, 0.29) is 24.0 Å². The largest absolute Gasteiger partial charge is 0.356 e. The second kappa shape index (κ2) is 11.5. The fraction of sp³-hybridized carbons (Fsp3) is 0.889. The van der Waals surface area contributed by atoms with Crippen molar-refractivity contribution in [3.8, 4) is 0 Å². The van der Waals surface area contributed by atoms with Crippen LogP contribution in [0.5, 0.6) is 0 Å². The molecule has 0 aromatic carbocycles. The van der Waals surface area contributed by atoms with E-state index < -0.39 is 0 Å². The Kier molecular flexibility index (Phi) is 10.5. The van der Waals surface area contributed by atoms with Gasteiger partial charge in [0.25, 0.3) is 0 Å². The smallest absolute Gasteiger partial charge is 0.222 e. The quantitative estimate of drug-likeness (QED) is 0.359. The maximum absolute atomic E-state index is 11.9.